The highest BCUT2D eigenvalue weighted by Crippen LogP contribution is 2.48. The van der Waals surface area contributed by atoms with E-state index in [2.05, 4.69) is 41.2 Å². The number of nitrogen functional groups attached to an aromatic ring is 3. The molecule has 0 unspecified atom stereocenters. The molecule has 2 saturated heterocycles. The Balaban J connectivity index is 0.000000191. The minimum atomic E-state index is -4.66. The Labute approximate surface area is 869 Å². The molecule has 7 aliphatic heterocycles. The highest BCUT2D eigenvalue weighted by Gasteiger charge is 2.53. The molecule has 9 heterocycles. The van der Waals surface area contributed by atoms with Gasteiger partial charge in [0.25, 0.3) is 0 Å². The summed E-state index contributed by atoms with van der Waals surface area (Å²) in [7, 11) is -0.314. The van der Waals surface area contributed by atoms with Crippen LogP contribution in [0.4, 0.5) is 129 Å². The molecule has 0 radical (unpaired) electrons. The van der Waals surface area contributed by atoms with E-state index in [1.807, 2.05) is 92.0 Å². The fourth-order valence-corrected chi connectivity index (χ4v) is 16.9. The minimum Gasteiger partial charge on any atom is -0.486 e. The summed E-state index contributed by atoms with van der Waals surface area (Å²) in [5.41, 5.74) is 14.2. The van der Waals surface area contributed by atoms with Crippen molar-refractivity contribution in [3.8, 4) is 34.0 Å². The molecule has 0 spiro atoms. The third-order valence-electron chi connectivity index (χ3n) is 24.1. The highest BCUT2D eigenvalue weighted by atomic mass is 79.9. The summed E-state index contributed by atoms with van der Waals surface area (Å²) in [4.78, 5) is 74.1. The number of nitrogens with one attached hydrogen (secondary N) is 1. The topological polar surface area (TPSA) is 303 Å². The third kappa shape index (κ3) is 32.7. The number of nitrogens with two attached hydrogens (primary N) is 3. The molecule has 8 aromatic rings. The molecule has 2 aromatic heterocycles. The number of halogens is 18. The fraction of sp³-hybridized carbons (Fsp3) is 0.481. The van der Waals surface area contributed by atoms with Crippen LogP contribution in [0.3, 0.4) is 0 Å². The second kappa shape index (κ2) is 47.6. The van der Waals surface area contributed by atoms with Gasteiger partial charge in [-0.1, -0.05) is 52.4 Å². The third-order valence-corrected chi connectivity index (χ3v) is 25.0. The first-order valence-corrected chi connectivity index (χ1v) is 49.1. The SMILES string of the molecule is CC(C)(C)OC(=O)N1CC=C(B2OC(C)(C)C(C)(C)O2)CC1.CC(C)(C)OC(=O)N1CC=C(c2ccc(N)cc2C(F)(F)F)CC1.CC(C)(C)OC(=O)N1CC=C(c2ccc(N)cc2C(F)(F)F)CC1.CC(C)N1CCOc2c(F)cc(-c3nc(Cl)ncc3F)cc21.CC(C)N1CCOc2c(F)cc(-c3nc(Nc4ccc(C5CCN(C(=O)OC(C)(C)C)CC5)c(C(F)(F)F)c4)ncc3F)cc21.Nc1ccc(Br)c(C(F)(F)F)c1. The number of nitrogens with zero attached hydrogens (tertiary/aromatic N) is 10. The van der Waals surface area contributed by atoms with Gasteiger partial charge in [0.05, 0.1) is 70.3 Å². The molecule has 149 heavy (non-hydrogen) atoms. The molecule has 7 aliphatic rings. The molecule has 7 N–H and O–H groups in total. The zero-order valence-corrected chi connectivity index (χ0v) is 88.7. The number of likely N-dealkylation sites (tertiary alicyclic amines) is 1. The first kappa shape index (κ1) is 119. The average molecular weight is 2190 g/mol. The lowest BCUT2D eigenvalue weighted by atomic mass is 9.75. The van der Waals surface area contributed by atoms with Crippen molar-refractivity contribution in [2.45, 2.75) is 247 Å². The van der Waals surface area contributed by atoms with Crippen LogP contribution in [0.2, 0.25) is 5.28 Å². The number of anilines is 7. The average Bonchev–Trinajstić information content (AvgIpc) is 1.70. The summed E-state index contributed by atoms with van der Waals surface area (Å²) in [5.74, 6) is -3.03. The summed E-state index contributed by atoms with van der Waals surface area (Å²) in [6, 6.07) is 20.7. The molecular formula is C104H125BBrClF16N14O12. The van der Waals surface area contributed by atoms with Crippen molar-refractivity contribution < 1.29 is 127 Å². The van der Waals surface area contributed by atoms with E-state index < -0.39 is 117 Å². The summed E-state index contributed by atoms with van der Waals surface area (Å²) in [6.07, 6.45) is -10.4. The van der Waals surface area contributed by atoms with Crippen molar-refractivity contribution in [3.63, 3.8) is 0 Å². The van der Waals surface area contributed by atoms with Crippen LogP contribution in [0, 0.1) is 23.3 Å². The van der Waals surface area contributed by atoms with Gasteiger partial charge in [-0.05, 0) is 300 Å². The Morgan fingerprint density at radius 2 is 0.832 bits per heavy atom. The van der Waals surface area contributed by atoms with Crippen LogP contribution < -0.4 is 41.8 Å². The van der Waals surface area contributed by atoms with Gasteiger partial charge in [-0.3, -0.25) is 0 Å². The molecule has 4 amide bonds. The van der Waals surface area contributed by atoms with E-state index in [0.717, 1.165) is 54.6 Å². The normalized spacial score (nSPS) is 16.5. The van der Waals surface area contributed by atoms with Crippen LogP contribution in [0.5, 0.6) is 11.5 Å². The number of ether oxygens (including phenoxy) is 6. The fourth-order valence-electron chi connectivity index (χ4n) is 16.3. The first-order chi connectivity index (χ1) is 68.8. The standard InChI is InChI=1S/C32H36F5N5O3.2C17H21F3N2O2.C16H28BNO4.C15H14ClF2N3O.C7H5BrF3N/c1-18(2)42-12-13-44-28-24(33)14-20(15-26(28)42)27-25(34)17-38-29(40-27)39-21-6-7-22(23(16-21)32(35,36)37)19-8-10-41(11-9-19)30(43)45-31(3,4)5;2*1-16(2,3)24-15(23)22-8-6-11(7-9-22)13-5-4-12(21)10-14(13)17(18,19)20;1-14(2,3)20-13(19)18-10-8-12(9-11-18)17-21-15(4,5)16(6,7)22-17;1-8(2)21-3-4-22-14-10(17)5-9(6-12(14)21)13-11(18)7-19-15(16)20-13;8-6-2-1-4(12)3-5(6)7(9,10)11/h6-7,14-19H,8-13H2,1-5H3,(H,38,39,40);2*4-6,10H,7-9,21H2,1-3H3;8H,9-11H2,1-7H3;5-8H,3-4H2,1-2H3;1-3H,12H2. The van der Waals surface area contributed by atoms with E-state index in [0.29, 0.717) is 106 Å². The number of fused-ring (bicyclic) bond motifs is 2. The predicted molar refractivity (Wildman–Crippen MR) is 543 cm³/mol. The van der Waals surface area contributed by atoms with E-state index >= 15 is 4.39 Å². The summed E-state index contributed by atoms with van der Waals surface area (Å²) in [6.45, 7) is 42.2. The first-order valence-electron chi connectivity index (χ1n) is 47.9. The van der Waals surface area contributed by atoms with E-state index in [4.69, 9.17) is 66.5 Å². The molecule has 812 valence electrons. The minimum absolute atomic E-state index is 0.00389. The van der Waals surface area contributed by atoms with Crippen LogP contribution >= 0.6 is 27.5 Å². The van der Waals surface area contributed by atoms with Gasteiger partial charge >= 0.3 is 56.2 Å². The second-order valence-corrected chi connectivity index (χ2v) is 42.7. The maximum Gasteiger partial charge on any atom is 0.490 e. The zero-order valence-electron chi connectivity index (χ0n) is 86.4. The molecule has 6 aromatic carbocycles. The highest BCUT2D eigenvalue weighted by molar-refractivity contribution is 9.10. The molecule has 26 nitrogen and oxygen atoms in total. The number of piperidine rings is 1. The number of hydrogen-bond donors (Lipinski definition) is 4. The van der Waals surface area contributed by atoms with Gasteiger partial charge in [-0.15, -0.1) is 0 Å². The lowest BCUT2D eigenvalue weighted by Gasteiger charge is -2.34. The summed E-state index contributed by atoms with van der Waals surface area (Å²) < 4.78 is 261. The second-order valence-electron chi connectivity index (χ2n) is 41.5. The van der Waals surface area contributed by atoms with Gasteiger partial charge in [0.15, 0.2) is 34.8 Å². The number of amides is 4. The van der Waals surface area contributed by atoms with Crippen molar-refractivity contribution in [1.82, 2.24) is 39.5 Å². The van der Waals surface area contributed by atoms with Crippen LogP contribution in [0.25, 0.3) is 33.7 Å². The lowest BCUT2D eigenvalue weighted by Crippen LogP contribution is -2.41. The molecule has 45 heteroatoms. The molecule has 2 fully saturated rings. The molecule has 0 aliphatic carbocycles. The predicted octanol–water partition coefficient (Wildman–Crippen LogP) is 26.4. The van der Waals surface area contributed by atoms with Crippen molar-refractivity contribution >= 4 is 110 Å². The van der Waals surface area contributed by atoms with Crippen molar-refractivity contribution in [3.05, 3.63) is 205 Å². The molecular weight excluding hydrogens is 2070 g/mol. The maximum atomic E-state index is 15.0. The maximum absolute atomic E-state index is 15.0. The number of benzene rings is 6. The van der Waals surface area contributed by atoms with Gasteiger partial charge in [0.2, 0.25) is 11.2 Å². The zero-order chi connectivity index (χ0) is 111. The van der Waals surface area contributed by atoms with Gasteiger partial charge in [0.1, 0.15) is 47.0 Å². The number of hydrogen-bond acceptors (Lipinski definition) is 22. The Bertz CT molecular complexity index is 6080. The van der Waals surface area contributed by atoms with Gasteiger partial charge in [-0.25, -0.2) is 56.7 Å². The van der Waals surface area contributed by atoms with Crippen LogP contribution in [-0.4, -0.2) is 195 Å². The van der Waals surface area contributed by atoms with Crippen LogP contribution in [0.1, 0.15) is 215 Å². The molecule has 0 saturated carbocycles. The van der Waals surface area contributed by atoms with E-state index in [1.54, 1.807) is 91.5 Å². The van der Waals surface area contributed by atoms with Crippen molar-refractivity contribution in [2.24, 2.45) is 0 Å². The summed E-state index contributed by atoms with van der Waals surface area (Å²) in [5, 5.41) is 2.65. The quantitative estimate of drug-likeness (QED) is 0.0325. The van der Waals surface area contributed by atoms with Crippen LogP contribution in [-0.2, 0) is 53.0 Å². The summed E-state index contributed by atoms with van der Waals surface area (Å²) >= 11 is 8.50. The molecule has 15 rings (SSSR count). The van der Waals surface area contributed by atoms with Crippen molar-refractivity contribution in [1.29, 1.82) is 0 Å². The van der Waals surface area contributed by atoms with Gasteiger partial charge < -0.3 is 89.6 Å². The lowest BCUT2D eigenvalue weighted by molar-refractivity contribution is -0.139. The van der Waals surface area contributed by atoms with E-state index in [9.17, 15) is 85.0 Å². The van der Waals surface area contributed by atoms with Gasteiger partial charge in [0, 0.05) is 103 Å². The van der Waals surface area contributed by atoms with Gasteiger partial charge in [-0.2, -0.15) is 52.7 Å². The number of alkyl halides is 12. The number of rotatable bonds is 10. The monoisotopic (exact) mass is 2190 g/mol. The van der Waals surface area contributed by atoms with Crippen LogP contribution in [0.15, 0.2) is 138 Å². The Kier molecular flexibility index (Phi) is 37.9. The smallest absolute Gasteiger partial charge is 0.486 e. The molecule has 0 atom stereocenters. The number of carbonyl (C=O) groups excluding carboxylic acids is 4. The Hall–Kier alpha value is -12.2. The Morgan fingerprint density at radius 3 is 1.20 bits per heavy atom. The largest absolute Gasteiger partial charge is 0.490 e. The van der Waals surface area contributed by atoms with E-state index in [1.165, 1.54) is 69.3 Å². The van der Waals surface area contributed by atoms with Crippen molar-refractivity contribution in [2.75, 3.05) is 111 Å². The molecule has 0 bridgehead atoms. The Morgan fingerprint density at radius 1 is 0.456 bits per heavy atom. The number of carbonyl (C=O) groups is 4. The number of aromatic nitrogens is 4. The van der Waals surface area contributed by atoms with E-state index in [-0.39, 0.29) is 146 Å².